The molecule has 6 nitrogen and oxygen atoms in total. The Hall–Kier alpha value is -2.08. The molecule has 4 N–H and O–H groups in total. The molecule has 6 heteroatoms. The summed E-state index contributed by atoms with van der Waals surface area (Å²) in [5, 5.41) is 11.1. The van der Waals surface area contributed by atoms with Crippen LogP contribution in [-0.2, 0) is 16.1 Å². The van der Waals surface area contributed by atoms with Crippen LogP contribution in [0.4, 0.5) is 0 Å². The van der Waals surface area contributed by atoms with Crippen molar-refractivity contribution >= 4 is 11.9 Å². The molecule has 0 aromatic heterocycles. The van der Waals surface area contributed by atoms with Crippen LogP contribution in [0, 0.1) is 0 Å². The molecule has 0 aliphatic carbocycles. The minimum atomic E-state index is -1.10. The predicted octanol–water partition coefficient (Wildman–Crippen LogP) is 0.113. The molecule has 0 saturated carbocycles. The first-order valence-electron chi connectivity index (χ1n) is 5.41. The molecule has 1 aromatic carbocycles. The average Bonchev–Trinajstić information content (AvgIpc) is 2.35. The largest absolute Gasteiger partial charge is 0.497 e. The third kappa shape index (κ3) is 4.42. The van der Waals surface area contributed by atoms with E-state index in [2.05, 4.69) is 5.32 Å². The third-order valence-electron chi connectivity index (χ3n) is 2.33. The smallest absolute Gasteiger partial charge is 0.305 e. The van der Waals surface area contributed by atoms with E-state index in [1.54, 1.807) is 25.3 Å². The van der Waals surface area contributed by atoms with Gasteiger partial charge < -0.3 is 20.9 Å². The molecule has 0 spiro atoms. The Kier molecular flexibility index (Phi) is 5.13. The third-order valence-corrected chi connectivity index (χ3v) is 2.33. The van der Waals surface area contributed by atoms with Gasteiger partial charge in [-0.05, 0) is 17.7 Å². The lowest BCUT2D eigenvalue weighted by molar-refractivity contribution is -0.139. The van der Waals surface area contributed by atoms with Crippen LogP contribution in [0.25, 0.3) is 0 Å². The molecule has 1 unspecified atom stereocenters. The minimum absolute atomic E-state index is 0.281. The van der Waals surface area contributed by atoms with E-state index in [0.29, 0.717) is 5.75 Å². The number of rotatable bonds is 6. The van der Waals surface area contributed by atoms with Crippen molar-refractivity contribution in [3.63, 3.8) is 0 Å². The van der Waals surface area contributed by atoms with Crippen molar-refractivity contribution in [3.8, 4) is 5.75 Å². The van der Waals surface area contributed by atoms with Crippen molar-refractivity contribution in [1.82, 2.24) is 5.32 Å². The first-order chi connectivity index (χ1) is 8.52. The molecule has 0 radical (unpaired) electrons. The Balaban J connectivity index is 2.49. The van der Waals surface area contributed by atoms with Crippen molar-refractivity contribution < 1.29 is 19.4 Å². The second kappa shape index (κ2) is 6.61. The number of carbonyl (C=O) groups excluding carboxylic acids is 1. The monoisotopic (exact) mass is 252 g/mol. The first kappa shape index (κ1) is 14.0. The highest BCUT2D eigenvalue weighted by Crippen LogP contribution is 2.12. The summed E-state index contributed by atoms with van der Waals surface area (Å²) < 4.78 is 5.05. The van der Waals surface area contributed by atoms with Crippen LogP contribution in [0.15, 0.2) is 24.3 Å². The molecule has 1 amide bonds. The highest BCUT2D eigenvalue weighted by Gasteiger charge is 2.16. The number of carbonyl (C=O) groups is 2. The molecule has 0 heterocycles. The van der Waals surface area contributed by atoms with E-state index in [0.717, 1.165) is 5.56 Å². The summed E-state index contributed by atoms with van der Waals surface area (Å²) in [6.07, 6.45) is -0.385. The summed E-state index contributed by atoms with van der Waals surface area (Å²) in [6, 6.07) is 6.17. The van der Waals surface area contributed by atoms with E-state index in [1.165, 1.54) is 0 Å². The van der Waals surface area contributed by atoms with Crippen molar-refractivity contribution in [3.05, 3.63) is 29.8 Å². The standard InChI is InChI=1S/C12H16N2O4/c1-18-9-4-2-3-8(5-9)7-14-12(17)10(13)6-11(15)16/h2-5,10H,6-7,13H2,1H3,(H,14,17)(H,15,16). The number of ether oxygens (including phenoxy) is 1. The van der Waals surface area contributed by atoms with Gasteiger partial charge in [0.2, 0.25) is 5.91 Å². The molecule has 0 saturated heterocycles. The molecule has 18 heavy (non-hydrogen) atoms. The molecule has 0 aliphatic heterocycles. The topological polar surface area (TPSA) is 102 Å². The number of nitrogens with two attached hydrogens (primary N) is 1. The zero-order valence-corrected chi connectivity index (χ0v) is 10.1. The number of amides is 1. The van der Waals surface area contributed by atoms with Gasteiger partial charge in [0.15, 0.2) is 0 Å². The number of benzene rings is 1. The SMILES string of the molecule is COc1cccc(CNC(=O)C(N)CC(=O)O)c1. The van der Waals surface area contributed by atoms with Gasteiger partial charge in [-0.25, -0.2) is 0 Å². The quantitative estimate of drug-likeness (QED) is 0.667. The van der Waals surface area contributed by atoms with E-state index in [9.17, 15) is 9.59 Å². The van der Waals surface area contributed by atoms with Crippen LogP contribution in [0.1, 0.15) is 12.0 Å². The summed E-state index contributed by atoms with van der Waals surface area (Å²) in [5.74, 6) is -0.893. The van der Waals surface area contributed by atoms with Gasteiger partial charge in [-0.1, -0.05) is 12.1 Å². The highest BCUT2D eigenvalue weighted by atomic mass is 16.5. The normalized spacial score (nSPS) is 11.7. The summed E-state index contributed by atoms with van der Waals surface area (Å²) in [7, 11) is 1.56. The highest BCUT2D eigenvalue weighted by molar-refractivity contribution is 5.85. The fourth-order valence-corrected chi connectivity index (χ4v) is 1.38. The number of hydrogen-bond donors (Lipinski definition) is 3. The average molecular weight is 252 g/mol. The van der Waals surface area contributed by atoms with Gasteiger partial charge in [-0.3, -0.25) is 9.59 Å². The number of methoxy groups -OCH3 is 1. The van der Waals surface area contributed by atoms with Crippen LogP contribution < -0.4 is 15.8 Å². The van der Waals surface area contributed by atoms with E-state index in [-0.39, 0.29) is 13.0 Å². The Morgan fingerprint density at radius 2 is 2.22 bits per heavy atom. The summed E-state index contributed by atoms with van der Waals surface area (Å²) in [6.45, 7) is 0.281. The Bertz CT molecular complexity index is 434. The van der Waals surface area contributed by atoms with Gasteiger partial charge in [-0.15, -0.1) is 0 Å². The van der Waals surface area contributed by atoms with Gasteiger partial charge in [0, 0.05) is 6.54 Å². The Morgan fingerprint density at radius 1 is 1.50 bits per heavy atom. The van der Waals surface area contributed by atoms with Crippen LogP contribution >= 0.6 is 0 Å². The number of carboxylic acids is 1. The first-order valence-corrected chi connectivity index (χ1v) is 5.41. The molecule has 1 aromatic rings. The molecule has 0 fully saturated rings. The number of carboxylic acid groups (broad SMARTS) is 1. The Morgan fingerprint density at radius 3 is 2.83 bits per heavy atom. The van der Waals surface area contributed by atoms with Crippen LogP contribution in [-0.4, -0.2) is 30.1 Å². The fraction of sp³-hybridized carbons (Fsp3) is 0.333. The lowest BCUT2D eigenvalue weighted by Crippen LogP contribution is -2.41. The van der Waals surface area contributed by atoms with Crippen molar-refractivity contribution in [2.45, 2.75) is 19.0 Å². The minimum Gasteiger partial charge on any atom is -0.497 e. The van der Waals surface area contributed by atoms with Crippen molar-refractivity contribution in [2.75, 3.05) is 7.11 Å². The second-order valence-corrected chi connectivity index (χ2v) is 3.77. The van der Waals surface area contributed by atoms with Crippen LogP contribution in [0.5, 0.6) is 5.75 Å². The maximum atomic E-state index is 11.5. The maximum absolute atomic E-state index is 11.5. The Labute approximate surface area is 105 Å². The van der Waals surface area contributed by atoms with Crippen LogP contribution in [0.3, 0.4) is 0 Å². The molecule has 1 rings (SSSR count). The fourth-order valence-electron chi connectivity index (χ4n) is 1.38. The lowest BCUT2D eigenvalue weighted by Gasteiger charge is -2.10. The van der Waals surface area contributed by atoms with Crippen LogP contribution in [0.2, 0.25) is 0 Å². The van der Waals surface area contributed by atoms with Gasteiger partial charge in [0.05, 0.1) is 19.6 Å². The van der Waals surface area contributed by atoms with Gasteiger partial charge >= 0.3 is 5.97 Å². The lowest BCUT2D eigenvalue weighted by atomic mass is 10.2. The van der Waals surface area contributed by atoms with E-state index < -0.39 is 17.9 Å². The van der Waals surface area contributed by atoms with Crippen molar-refractivity contribution in [1.29, 1.82) is 0 Å². The van der Waals surface area contributed by atoms with Gasteiger partial charge in [0.1, 0.15) is 5.75 Å². The molecular formula is C12H16N2O4. The summed E-state index contributed by atoms with van der Waals surface area (Å²) in [4.78, 5) is 21.9. The maximum Gasteiger partial charge on any atom is 0.305 e. The second-order valence-electron chi connectivity index (χ2n) is 3.77. The number of aliphatic carboxylic acids is 1. The summed E-state index contributed by atoms with van der Waals surface area (Å²) in [5.41, 5.74) is 6.27. The van der Waals surface area contributed by atoms with Crippen molar-refractivity contribution in [2.24, 2.45) is 5.73 Å². The van der Waals surface area contributed by atoms with Gasteiger partial charge in [-0.2, -0.15) is 0 Å². The number of hydrogen-bond acceptors (Lipinski definition) is 4. The number of nitrogens with one attached hydrogen (secondary N) is 1. The molecule has 0 bridgehead atoms. The van der Waals surface area contributed by atoms with E-state index in [1.807, 2.05) is 6.07 Å². The molecule has 98 valence electrons. The van der Waals surface area contributed by atoms with Gasteiger partial charge in [0.25, 0.3) is 0 Å². The zero-order valence-electron chi connectivity index (χ0n) is 10.1. The zero-order chi connectivity index (χ0) is 13.5. The summed E-state index contributed by atoms with van der Waals surface area (Å²) >= 11 is 0. The molecular weight excluding hydrogens is 236 g/mol. The molecule has 0 aliphatic rings. The molecule has 1 atom stereocenters. The predicted molar refractivity (Wildman–Crippen MR) is 65.1 cm³/mol. The van der Waals surface area contributed by atoms with E-state index >= 15 is 0 Å². The van der Waals surface area contributed by atoms with E-state index in [4.69, 9.17) is 15.6 Å².